The summed E-state index contributed by atoms with van der Waals surface area (Å²) in [4.78, 5) is 23.2. The highest BCUT2D eigenvalue weighted by Gasteiger charge is 2.23. The van der Waals surface area contributed by atoms with E-state index in [1.54, 1.807) is 32.4 Å². The fraction of sp³-hybridized carbons (Fsp3) is 0.450. The van der Waals surface area contributed by atoms with Crippen molar-refractivity contribution in [1.29, 1.82) is 0 Å². The summed E-state index contributed by atoms with van der Waals surface area (Å²) in [5.41, 5.74) is 0.617. The highest BCUT2D eigenvalue weighted by molar-refractivity contribution is 7.99. The molecule has 2 atom stereocenters. The first kappa shape index (κ1) is 21.2. The molecule has 0 aliphatic carbocycles. The smallest absolute Gasteiger partial charge is 0.234 e. The number of morpholine rings is 1. The van der Waals surface area contributed by atoms with Gasteiger partial charge in [-0.1, -0.05) is 11.8 Å². The molecule has 0 radical (unpaired) electrons. The predicted octanol–water partition coefficient (Wildman–Crippen LogP) is 2.84. The monoisotopic (exact) mass is 418 g/mol. The summed E-state index contributed by atoms with van der Waals surface area (Å²) >= 11 is 1.36. The lowest BCUT2D eigenvalue weighted by atomic mass is 10.2. The predicted molar refractivity (Wildman–Crippen MR) is 113 cm³/mol. The zero-order chi connectivity index (χ0) is 20.8. The zero-order valence-corrected chi connectivity index (χ0v) is 17.9. The average Bonchev–Trinajstić information content (AvgIpc) is 2.71. The van der Waals surface area contributed by atoms with E-state index in [1.807, 2.05) is 6.07 Å². The third-order valence-corrected chi connectivity index (χ3v) is 5.28. The number of hydrogen-bond donors (Lipinski definition) is 1. The van der Waals surface area contributed by atoms with E-state index in [9.17, 15) is 4.79 Å². The molecular formula is C20H26N4O4S. The van der Waals surface area contributed by atoms with E-state index in [0.717, 1.165) is 23.9 Å². The van der Waals surface area contributed by atoms with E-state index in [2.05, 4.69) is 34.0 Å². The van der Waals surface area contributed by atoms with Crippen molar-refractivity contribution < 1.29 is 19.0 Å². The Morgan fingerprint density at radius 1 is 1.14 bits per heavy atom. The molecule has 1 aliphatic rings. The van der Waals surface area contributed by atoms with Gasteiger partial charge in [0.2, 0.25) is 5.91 Å². The van der Waals surface area contributed by atoms with Crippen LogP contribution in [0.25, 0.3) is 0 Å². The van der Waals surface area contributed by atoms with Crippen LogP contribution >= 0.6 is 11.8 Å². The molecule has 3 rings (SSSR count). The van der Waals surface area contributed by atoms with Gasteiger partial charge in [-0.15, -0.1) is 0 Å². The second-order valence-electron chi connectivity index (χ2n) is 6.81. The molecule has 156 valence electrons. The SMILES string of the molecule is COc1cc(NC(=O)CSc2cc(N3CC(C)OC(C)C3)ncn2)cc(OC)c1. The maximum atomic E-state index is 12.4. The third kappa shape index (κ3) is 5.98. The van der Waals surface area contributed by atoms with Crippen molar-refractivity contribution in [3.05, 3.63) is 30.6 Å². The summed E-state index contributed by atoms with van der Waals surface area (Å²) in [5.74, 6) is 2.16. The highest BCUT2D eigenvalue weighted by atomic mass is 32.2. The zero-order valence-electron chi connectivity index (χ0n) is 17.0. The van der Waals surface area contributed by atoms with Crippen LogP contribution in [-0.4, -0.2) is 61.1 Å². The first-order valence-electron chi connectivity index (χ1n) is 9.35. The molecule has 2 heterocycles. The molecule has 1 aromatic carbocycles. The Morgan fingerprint density at radius 3 is 2.41 bits per heavy atom. The van der Waals surface area contributed by atoms with E-state index in [-0.39, 0.29) is 23.9 Å². The summed E-state index contributed by atoms with van der Waals surface area (Å²) in [6.45, 7) is 5.67. The number of carbonyl (C=O) groups is 1. The summed E-state index contributed by atoms with van der Waals surface area (Å²) in [7, 11) is 3.14. The molecule has 8 nitrogen and oxygen atoms in total. The minimum Gasteiger partial charge on any atom is -0.497 e. The first-order chi connectivity index (χ1) is 14.0. The van der Waals surface area contributed by atoms with E-state index < -0.39 is 0 Å². The van der Waals surface area contributed by atoms with Crippen LogP contribution in [-0.2, 0) is 9.53 Å². The van der Waals surface area contributed by atoms with Crippen molar-refractivity contribution in [2.75, 3.05) is 43.3 Å². The Bertz CT molecular complexity index is 819. The number of anilines is 2. The first-order valence-corrected chi connectivity index (χ1v) is 10.3. The molecule has 9 heteroatoms. The van der Waals surface area contributed by atoms with Gasteiger partial charge >= 0.3 is 0 Å². The molecule has 29 heavy (non-hydrogen) atoms. The maximum absolute atomic E-state index is 12.4. The molecule has 0 bridgehead atoms. The number of amides is 1. The minimum atomic E-state index is -0.140. The van der Waals surface area contributed by atoms with Crippen LogP contribution in [0.4, 0.5) is 11.5 Å². The van der Waals surface area contributed by atoms with Gasteiger partial charge in [-0.3, -0.25) is 4.79 Å². The Labute approximate surface area is 175 Å². The standard InChI is InChI=1S/C20H26N4O4S/c1-13-9-24(10-14(2)28-13)18-8-20(22-12-21-18)29-11-19(25)23-15-5-16(26-3)7-17(6-15)27-4/h5-8,12-14H,9-11H2,1-4H3,(H,23,25). The van der Waals surface area contributed by atoms with Crippen molar-refractivity contribution in [3.63, 3.8) is 0 Å². The second-order valence-corrected chi connectivity index (χ2v) is 7.81. The number of hydrogen-bond acceptors (Lipinski definition) is 8. The number of rotatable bonds is 7. The Balaban J connectivity index is 1.59. The topological polar surface area (TPSA) is 85.8 Å². The van der Waals surface area contributed by atoms with Crippen molar-refractivity contribution in [2.24, 2.45) is 0 Å². The number of benzene rings is 1. The fourth-order valence-electron chi connectivity index (χ4n) is 3.16. The van der Waals surface area contributed by atoms with Crippen LogP contribution in [0.2, 0.25) is 0 Å². The number of thioether (sulfide) groups is 1. The Morgan fingerprint density at radius 2 is 1.79 bits per heavy atom. The molecule has 1 N–H and O–H groups in total. The van der Waals surface area contributed by atoms with Gasteiger partial charge in [0.05, 0.1) is 32.2 Å². The van der Waals surface area contributed by atoms with Crippen LogP contribution in [0.15, 0.2) is 35.6 Å². The molecule has 1 amide bonds. The van der Waals surface area contributed by atoms with E-state index >= 15 is 0 Å². The molecule has 0 saturated carbocycles. The molecule has 1 aromatic heterocycles. The second kappa shape index (κ2) is 9.80. The number of nitrogens with one attached hydrogen (secondary N) is 1. The van der Waals surface area contributed by atoms with E-state index in [0.29, 0.717) is 17.2 Å². The summed E-state index contributed by atoms with van der Waals surface area (Å²) < 4.78 is 16.2. The third-order valence-electron chi connectivity index (χ3n) is 4.36. The number of aromatic nitrogens is 2. The molecule has 0 spiro atoms. The lowest BCUT2D eigenvalue weighted by Crippen LogP contribution is -2.45. The van der Waals surface area contributed by atoms with E-state index in [1.165, 1.54) is 18.1 Å². The van der Waals surface area contributed by atoms with Crippen molar-refractivity contribution in [2.45, 2.75) is 31.1 Å². The van der Waals surface area contributed by atoms with Crippen LogP contribution in [0.5, 0.6) is 11.5 Å². The summed E-state index contributed by atoms with van der Waals surface area (Å²) in [6, 6.07) is 7.15. The fourth-order valence-corrected chi connectivity index (χ4v) is 3.82. The molecule has 1 aliphatic heterocycles. The van der Waals surface area contributed by atoms with Crippen molar-refractivity contribution in [1.82, 2.24) is 9.97 Å². The molecule has 2 unspecified atom stereocenters. The van der Waals surface area contributed by atoms with E-state index in [4.69, 9.17) is 14.2 Å². The maximum Gasteiger partial charge on any atom is 0.234 e. The number of methoxy groups -OCH3 is 2. The van der Waals surface area contributed by atoms with Crippen LogP contribution < -0.4 is 19.7 Å². The van der Waals surface area contributed by atoms with Crippen molar-refractivity contribution in [3.8, 4) is 11.5 Å². The van der Waals surface area contributed by atoms with Gasteiger partial charge in [-0.25, -0.2) is 9.97 Å². The Hall–Kier alpha value is -2.52. The average molecular weight is 419 g/mol. The minimum absolute atomic E-state index is 0.140. The quantitative estimate of drug-likeness (QED) is 0.543. The van der Waals surface area contributed by atoms with Gasteiger partial charge in [0, 0.05) is 43.0 Å². The van der Waals surface area contributed by atoms with Gasteiger partial charge in [0.15, 0.2) is 0 Å². The Kier molecular flexibility index (Phi) is 7.16. The lowest BCUT2D eigenvalue weighted by Gasteiger charge is -2.36. The molecule has 1 saturated heterocycles. The van der Waals surface area contributed by atoms with Crippen molar-refractivity contribution >= 4 is 29.2 Å². The number of nitrogens with zero attached hydrogens (tertiary/aromatic N) is 3. The molecule has 1 fully saturated rings. The van der Waals surface area contributed by atoms with Crippen LogP contribution in [0.1, 0.15) is 13.8 Å². The highest BCUT2D eigenvalue weighted by Crippen LogP contribution is 2.27. The van der Waals surface area contributed by atoms with Gasteiger partial charge < -0.3 is 24.4 Å². The number of ether oxygens (including phenoxy) is 3. The van der Waals surface area contributed by atoms with Gasteiger partial charge in [0.25, 0.3) is 0 Å². The normalized spacial score (nSPS) is 19.0. The lowest BCUT2D eigenvalue weighted by molar-refractivity contribution is -0.113. The molecular weight excluding hydrogens is 392 g/mol. The van der Waals surface area contributed by atoms with Gasteiger partial charge in [-0.2, -0.15) is 0 Å². The largest absolute Gasteiger partial charge is 0.497 e. The van der Waals surface area contributed by atoms with Crippen LogP contribution in [0, 0.1) is 0 Å². The number of carbonyl (C=O) groups excluding carboxylic acids is 1. The van der Waals surface area contributed by atoms with Crippen LogP contribution in [0.3, 0.4) is 0 Å². The van der Waals surface area contributed by atoms with Gasteiger partial charge in [0.1, 0.15) is 28.7 Å². The van der Waals surface area contributed by atoms with Gasteiger partial charge in [-0.05, 0) is 13.8 Å². The summed E-state index contributed by atoms with van der Waals surface area (Å²) in [5, 5.41) is 3.61. The summed E-state index contributed by atoms with van der Waals surface area (Å²) in [6.07, 6.45) is 1.83. The molecule has 2 aromatic rings.